The van der Waals surface area contributed by atoms with Crippen LogP contribution in [0.1, 0.15) is 25.7 Å². The third-order valence-electron chi connectivity index (χ3n) is 3.15. The third-order valence-corrected chi connectivity index (χ3v) is 3.88. The maximum absolute atomic E-state index is 11.6. The Morgan fingerprint density at radius 1 is 1.25 bits per heavy atom. The van der Waals surface area contributed by atoms with Crippen LogP contribution < -0.4 is 15.4 Å². The average Bonchev–Trinajstić information content (AvgIpc) is 2.75. The molecule has 0 spiro atoms. The van der Waals surface area contributed by atoms with Gasteiger partial charge in [0.25, 0.3) is 0 Å². The number of hydrogen-bond acceptors (Lipinski definition) is 4. The second-order valence-corrected chi connectivity index (χ2v) is 6.74. The van der Waals surface area contributed by atoms with E-state index in [-0.39, 0.29) is 12.6 Å². The summed E-state index contributed by atoms with van der Waals surface area (Å²) in [6.45, 7) is 0.569. The Kier molecular flexibility index (Phi) is 6.21. The Bertz CT molecular complexity index is 451. The number of hydrogen-bond donors (Lipinski definition) is 4. The molecule has 1 aliphatic rings. The molecule has 1 saturated carbocycles. The number of carboxylic acids is 1. The average molecular weight is 307 g/mol. The summed E-state index contributed by atoms with van der Waals surface area (Å²) in [6.07, 6.45) is 3.57. The first-order chi connectivity index (χ1) is 9.29. The van der Waals surface area contributed by atoms with Gasteiger partial charge in [0, 0.05) is 19.1 Å². The zero-order chi connectivity index (χ0) is 15.2. The van der Waals surface area contributed by atoms with Gasteiger partial charge >= 0.3 is 12.0 Å². The molecular weight excluding hydrogens is 286 g/mol. The van der Waals surface area contributed by atoms with Crippen molar-refractivity contribution in [3.05, 3.63) is 0 Å². The van der Waals surface area contributed by atoms with Crippen LogP contribution in [0.4, 0.5) is 4.79 Å². The summed E-state index contributed by atoms with van der Waals surface area (Å²) in [5.41, 5.74) is 0. The first-order valence-corrected chi connectivity index (χ1v) is 8.40. The predicted octanol–water partition coefficient (Wildman–Crippen LogP) is -0.522. The second-order valence-electron chi connectivity index (χ2n) is 4.90. The number of sulfonamides is 1. The van der Waals surface area contributed by atoms with E-state index in [0.29, 0.717) is 25.8 Å². The largest absolute Gasteiger partial charge is 0.481 e. The minimum Gasteiger partial charge on any atom is -0.481 e. The highest BCUT2D eigenvalue weighted by Crippen LogP contribution is 2.25. The summed E-state index contributed by atoms with van der Waals surface area (Å²) >= 11 is 0. The fourth-order valence-electron chi connectivity index (χ4n) is 2.20. The number of rotatable bonds is 7. The van der Waals surface area contributed by atoms with E-state index in [1.54, 1.807) is 0 Å². The molecule has 2 unspecified atom stereocenters. The van der Waals surface area contributed by atoms with Gasteiger partial charge in [0.2, 0.25) is 10.0 Å². The van der Waals surface area contributed by atoms with Gasteiger partial charge in [0.15, 0.2) is 0 Å². The normalized spacial score (nSPS) is 22.4. The van der Waals surface area contributed by atoms with Crippen molar-refractivity contribution in [2.75, 3.05) is 19.3 Å². The minimum atomic E-state index is -3.20. The molecule has 0 saturated heterocycles. The summed E-state index contributed by atoms with van der Waals surface area (Å²) < 4.78 is 23.9. The van der Waals surface area contributed by atoms with Crippen LogP contribution in [0, 0.1) is 5.92 Å². The summed E-state index contributed by atoms with van der Waals surface area (Å²) in [5, 5.41) is 14.2. The van der Waals surface area contributed by atoms with Crippen LogP contribution in [0.5, 0.6) is 0 Å². The lowest BCUT2D eigenvalue weighted by Gasteiger charge is -2.17. The number of nitrogens with one attached hydrogen (secondary N) is 3. The van der Waals surface area contributed by atoms with Gasteiger partial charge in [-0.25, -0.2) is 17.9 Å². The topological polar surface area (TPSA) is 125 Å². The van der Waals surface area contributed by atoms with Gasteiger partial charge in [-0.2, -0.15) is 0 Å². The molecule has 8 nitrogen and oxygen atoms in total. The Balaban J connectivity index is 2.19. The maximum atomic E-state index is 11.6. The van der Waals surface area contributed by atoms with Crippen LogP contribution >= 0.6 is 0 Å². The summed E-state index contributed by atoms with van der Waals surface area (Å²) in [4.78, 5) is 22.5. The molecule has 20 heavy (non-hydrogen) atoms. The molecule has 0 aromatic heterocycles. The molecule has 1 aliphatic carbocycles. The minimum absolute atomic E-state index is 0.250. The molecule has 1 rings (SSSR count). The lowest BCUT2D eigenvalue weighted by molar-refractivity contribution is -0.142. The van der Waals surface area contributed by atoms with Gasteiger partial charge in [-0.15, -0.1) is 0 Å². The molecule has 0 radical (unpaired) electrons. The van der Waals surface area contributed by atoms with E-state index in [4.69, 9.17) is 5.11 Å². The summed E-state index contributed by atoms with van der Waals surface area (Å²) in [7, 11) is -3.20. The molecule has 4 N–H and O–H groups in total. The molecule has 116 valence electrons. The van der Waals surface area contributed by atoms with Gasteiger partial charge in [-0.05, 0) is 19.3 Å². The van der Waals surface area contributed by atoms with Gasteiger partial charge in [-0.1, -0.05) is 6.42 Å². The van der Waals surface area contributed by atoms with E-state index in [9.17, 15) is 18.0 Å². The first-order valence-electron chi connectivity index (χ1n) is 6.51. The number of aliphatic carboxylic acids is 1. The number of carboxylic acid groups (broad SMARTS) is 1. The fraction of sp³-hybridized carbons (Fsp3) is 0.818. The number of urea groups is 1. The highest BCUT2D eigenvalue weighted by atomic mass is 32.2. The highest BCUT2D eigenvalue weighted by molar-refractivity contribution is 7.88. The molecule has 1 fully saturated rings. The molecule has 0 aromatic carbocycles. The number of amides is 2. The van der Waals surface area contributed by atoms with Crippen molar-refractivity contribution in [3.8, 4) is 0 Å². The predicted molar refractivity (Wildman–Crippen MR) is 72.8 cm³/mol. The number of carbonyl (C=O) groups excluding carboxylic acids is 1. The van der Waals surface area contributed by atoms with E-state index < -0.39 is 27.9 Å². The summed E-state index contributed by atoms with van der Waals surface area (Å²) in [5.74, 6) is -1.40. The molecule has 0 aromatic rings. The van der Waals surface area contributed by atoms with E-state index in [2.05, 4.69) is 15.4 Å². The maximum Gasteiger partial charge on any atom is 0.315 e. The van der Waals surface area contributed by atoms with Crippen LogP contribution in [-0.2, 0) is 14.8 Å². The van der Waals surface area contributed by atoms with Crippen LogP contribution in [0.2, 0.25) is 0 Å². The first kappa shape index (κ1) is 16.7. The Hall–Kier alpha value is -1.35. The van der Waals surface area contributed by atoms with E-state index >= 15 is 0 Å². The Morgan fingerprint density at radius 3 is 2.55 bits per heavy atom. The fourth-order valence-corrected chi connectivity index (χ4v) is 2.71. The Labute approximate surface area is 118 Å². The highest BCUT2D eigenvalue weighted by Gasteiger charge is 2.33. The standard InChI is InChI=1S/C11H21N3O5S/c1-20(18,19)13-7-3-6-12-11(17)14-9-5-2-4-8(9)10(15)16/h8-9,13H,2-7H2,1H3,(H,15,16)(H2,12,14,17). The zero-order valence-electron chi connectivity index (χ0n) is 11.4. The van der Waals surface area contributed by atoms with Gasteiger partial charge in [0.1, 0.15) is 0 Å². The van der Waals surface area contributed by atoms with Gasteiger partial charge in [-0.3, -0.25) is 4.79 Å². The molecule has 0 aliphatic heterocycles. The van der Waals surface area contributed by atoms with Crippen LogP contribution in [0.25, 0.3) is 0 Å². The molecular formula is C11H21N3O5S. The van der Waals surface area contributed by atoms with Crippen molar-refractivity contribution < 1.29 is 23.1 Å². The van der Waals surface area contributed by atoms with Crippen molar-refractivity contribution in [1.29, 1.82) is 0 Å². The van der Waals surface area contributed by atoms with Crippen LogP contribution in [0.15, 0.2) is 0 Å². The number of carbonyl (C=O) groups is 2. The van der Waals surface area contributed by atoms with Crippen molar-refractivity contribution >= 4 is 22.0 Å². The van der Waals surface area contributed by atoms with Crippen LogP contribution in [0.3, 0.4) is 0 Å². The molecule has 9 heteroatoms. The van der Waals surface area contributed by atoms with E-state index in [1.165, 1.54) is 0 Å². The smallest absolute Gasteiger partial charge is 0.315 e. The van der Waals surface area contributed by atoms with E-state index in [0.717, 1.165) is 12.7 Å². The molecule has 0 bridgehead atoms. The van der Waals surface area contributed by atoms with Crippen molar-refractivity contribution in [2.45, 2.75) is 31.7 Å². The van der Waals surface area contributed by atoms with E-state index in [1.807, 2.05) is 0 Å². The second kappa shape index (κ2) is 7.44. The van der Waals surface area contributed by atoms with Gasteiger partial charge < -0.3 is 15.7 Å². The molecule has 2 atom stereocenters. The van der Waals surface area contributed by atoms with Crippen LogP contribution in [-0.4, -0.2) is 50.9 Å². The SMILES string of the molecule is CS(=O)(=O)NCCCNC(=O)NC1CCCC1C(=O)O. The Morgan fingerprint density at radius 2 is 1.95 bits per heavy atom. The molecule has 0 heterocycles. The lowest BCUT2D eigenvalue weighted by atomic mass is 10.0. The lowest BCUT2D eigenvalue weighted by Crippen LogP contribution is -2.45. The van der Waals surface area contributed by atoms with Crippen molar-refractivity contribution in [2.24, 2.45) is 5.92 Å². The third kappa shape index (κ3) is 6.20. The van der Waals surface area contributed by atoms with Gasteiger partial charge in [0.05, 0.1) is 12.2 Å². The quantitative estimate of drug-likeness (QED) is 0.471. The van der Waals surface area contributed by atoms with Crippen molar-refractivity contribution in [1.82, 2.24) is 15.4 Å². The van der Waals surface area contributed by atoms with Crippen molar-refractivity contribution in [3.63, 3.8) is 0 Å². The zero-order valence-corrected chi connectivity index (χ0v) is 12.2. The summed E-state index contributed by atoms with van der Waals surface area (Å²) in [6, 6.07) is -0.746. The molecule has 2 amide bonds. The monoisotopic (exact) mass is 307 g/mol.